The Bertz CT molecular complexity index is 439. The Morgan fingerprint density at radius 1 is 1.39 bits per heavy atom. The highest BCUT2D eigenvalue weighted by Gasteiger charge is 2.22. The van der Waals surface area contributed by atoms with Crippen molar-refractivity contribution >= 4 is 5.97 Å². The molecule has 4 heteroatoms. The molecule has 0 unspecified atom stereocenters. The maximum Gasteiger partial charge on any atom is 0.341 e. The first-order chi connectivity index (χ1) is 8.56. The molecular formula is C14H18FNO2. The third-order valence-electron chi connectivity index (χ3n) is 3.28. The number of rotatable bonds is 2. The minimum atomic E-state index is -0.554. The summed E-state index contributed by atoms with van der Waals surface area (Å²) < 4.78 is 18.9. The van der Waals surface area contributed by atoms with E-state index < -0.39 is 11.8 Å². The lowest BCUT2D eigenvalue weighted by molar-refractivity contribution is 0.0135. The molecule has 0 bridgehead atoms. The predicted octanol–water partition coefficient (Wildman–Crippen LogP) is 2.39. The van der Waals surface area contributed by atoms with Crippen molar-refractivity contribution < 1.29 is 13.9 Å². The zero-order chi connectivity index (χ0) is 13.1. The fourth-order valence-electron chi connectivity index (χ4n) is 2.10. The molecule has 0 atom stereocenters. The fourth-order valence-corrected chi connectivity index (χ4v) is 2.10. The quantitative estimate of drug-likeness (QED) is 0.756. The number of hydrogen-bond acceptors (Lipinski definition) is 3. The van der Waals surface area contributed by atoms with Crippen molar-refractivity contribution in [2.75, 3.05) is 20.1 Å². The Labute approximate surface area is 107 Å². The molecule has 1 heterocycles. The summed E-state index contributed by atoms with van der Waals surface area (Å²) in [6, 6.07) is 4.56. The number of hydrogen-bond donors (Lipinski definition) is 0. The number of ether oxygens (including phenoxy) is 1. The summed E-state index contributed by atoms with van der Waals surface area (Å²) in [5.41, 5.74) is 0.822. The van der Waals surface area contributed by atoms with Crippen molar-refractivity contribution in [1.29, 1.82) is 0 Å². The van der Waals surface area contributed by atoms with Crippen molar-refractivity contribution in [3.8, 4) is 0 Å². The first-order valence-corrected chi connectivity index (χ1v) is 6.22. The second-order valence-corrected chi connectivity index (χ2v) is 4.89. The van der Waals surface area contributed by atoms with Gasteiger partial charge in [-0.25, -0.2) is 9.18 Å². The highest BCUT2D eigenvalue weighted by atomic mass is 19.1. The second kappa shape index (κ2) is 5.48. The molecule has 98 valence electrons. The Hall–Kier alpha value is -1.42. The van der Waals surface area contributed by atoms with E-state index in [-0.39, 0.29) is 11.7 Å². The molecule has 1 aliphatic heterocycles. The number of carbonyl (C=O) groups is 1. The summed E-state index contributed by atoms with van der Waals surface area (Å²) >= 11 is 0. The van der Waals surface area contributed by atoms with Crippen molar-refractivity contribution in [3.63, 3.8) is 0 Å². The Morgan fingerprint density at radius 2 is 2.06 bits per heavy atom. The number of aryl methyl sites for hydroxylation is 1. The highest BCUT2D eigenvalue weighted by molar-refractivity contribution is 5.89. The Kier molecular flexibility index (Phi) is 3.97. The lowest BCUT2D eigenvalue weighted by Crippen LogP contribution is -2.35. The second-order valence-electron chi connectivity index (χ2n) is 4.89. The third-order valence-corrected chi connectivity index (χ3v) is 3.28. The number of piperidine rings is 1. The van der Waals surface area contributed by atoms with Gasteiger partial charge in [0.2, 0.25) is 0 Å². The number of halogens is 1. The zero-order valence-electron chi connectivity index (χ0n) is 10.8. The maximum absolute atomic E-state index is 13.6. The molecule has 2 rings (SSSR count). The van der Waals surface area contributed by atoms with E-state index in [2.05, 4.69) is 4.90 Å². The van der Waals surface area contributed by atoms with E-state index in [1.165, 1.54) is 12.1 Å². The SMILES string of the molecule is Cc1ccc(C(=O)OC2CCN(C)CC2)c(F)c1. The van der Waals surface area contributed by atoms with Crippen LogP contribution in [-0.2, 0) is 4.74 Å². The average Bonchev–Trinajstić information content (AvgIpc) is 2.32. The Morgan fingerprint density at radius 3 is 2.67 bits per heavy atom. The van der Waals surface area contributed by atoms with Crippen LogP contribution in [0.4, 0.5) is 4.39 Å². The van der Waals surface area contributed by atoms with E-state index >= 15 is 0 Å². The molecule has 0 N–H and O–H groups in total. The van der Waals surface area contributed by atoms with E-state index in [0.29, 0.717) is 0 Å². The molecule has 1 aliphatic rings. The van der Waals surface area contributed by atoms with Crippen molar-refractivity contribution in [1.82, 2.24) is 4.90 Å². The van der Waals surface area contributed by atoms with Crippen molar-refractivity contribution in [2.24, 2.45) is 0 Å². The smallest absolute Gasteiger partial charge is 0.341 e. The molecule has 18 heavy (non-hydrogen) atoms. The van der Waals surface area contributed by atoms with Crippen LogP contribution in [0.25, 0.3) is 0 Å². The van der Waals surface area contributed by atoms with Gasteiger partial charge in [0.1, 0.15) is 11.9 Å². The van der Waals surface area contributed by atoms with Gasteiger partial charge in [0.25, 0.3) is 0 Å². The van der Waals surface area contributed by atoms with Crippen LogP contribution in [0.3, 0.4) is 0 Å². The summed E-state index contributed by atoms with van der Waals surface area (Å²) in [6.45, 7) is 3.61. The summed E-state index contributed by atoms with van der Waals surface area (Å²) in [7, 11) is 2.04. The van der Waals surface area contributed by atoms with Gasteiger partial charge in [0.05, 0.1) is 5.56 Å². The van der Waals surface area contributed by atoms with Gasteiger partial charge >= 0.3 is 5.97 Å². The summed E-state index contributed by atoms with van der Waals surface area (Å²) in [4.78, 5) is 14.0. The fraction of sp³-hybridized carbons (Fsp3) is 0.500. The number of likely N-dealkylation sites (tertiary alicyclic amines) is 1. The van der Waals surface area contributed by atoms with Gasteiger partial charge in [0, 0.05) is 13.1 Å². The number of carbonyl (C=O) groups excluding carboxylic acids is 1. The molecule has 1 fully saturated rings. The first-order valence-electron chi connectivity index (χ1n) is 6.22. The monoisotopic (exact) mass is 251 g/mol. The van der Waals surface area contributed by atoms with Crippen LogP contribution >= 0.6 is 0 Å². The van der Waals surface area contributed by atoms with E-state index in [4.69, 9.17) is 4.74 Å². The molecule has 0 aromatic heterocycles. The molecule has 0 radical (unpaired) electrons. The van der Waals surface area contributed by atoms with Crippen LogP contribution in [0, 0.1) is 12.7 Å². The molecule has 1 saturated heterocycles. The van der Waals surface area contributed by atoms with Crippen LogP contribution in [0.1, 0.15) is 28.8 Å². The molecule has 0 aliphatic carbocycles. The molecule has 0 amide bonds. The van der Waals surface area contributed by atoms with E-state index in [9.17, 15) is 9.18 Å². The van der Waals surface area contributed by atoms with Crippen LogP contribution in [-0.4, -0.2) is 37.1 Å². The van der Waals surface area contributed by atoms with Crippen LogP contribution < -0.4 is 0 Å². The summed E-state index contributed by atoms with van der Waals surface area (Å²) in [5.74, 6) is -1.06. The van der Waals surface area contributed by atoms with Crippen molar-refractivity contribution in [2.45, 2.75) is 25.9 Å². The molecule has 1 aromatic carbocycles. The first kappa shape index (κ1) is 13.0. The predicted molar refractivity (Wildman–Crippen MR) is 67.1 cm³/mol. The zero-order valence-corrected chi connectivity index (χ0v) is 10.8. The van der Waals surface area contributed by atoms with E-state index in [1.807, 2.05) is 7.05 Å². The maximum atomic E-state index is 13.6. The van der Waals surface area contributed by atoms with Gasteiger partial charge in [0.15, 0.2) is 0 Å². The van der Waals surface area contributed by atoms with Gasteiger partial charge in [-0.3, -0.25) is 0 Å². The number of nitrogens with zero attached hydrogens (tertiary/aromatic N) is 1. The normalized spacial score (nSPS) is 17.7. The van der Waals surface area contributed by atoms with Gasteiger partial charge in [-0.2, -0.15) is 0 Å². The summed E-state index contributed by atoms with van der Waals surface area (Å²) in [6.07, 6.45) is 1.54. The van der Waals surface area contributed by atoms with Gasteiger partial charge in [-0.05, 0) is 44.5 Å². The molecule has 0 spiro atoms. The minimum Gasteiger partial charge on any atom is -0.459 e. The van der Waals surface area contributed by atoms with Crippen LogP contribution in [0.5, 0.6) is 0 Å². The molecule has 1 aromatic rings. The lowest BCUT2D eigenvalue weighted by Gasteiger charge is -2.28. The van der Waals surface area contributed by atoms with Crippen molar-refractivity contribution in [3.05, 3.63) is 35.1 Å². The number of esters is 1. The summed E-state index contributed by atoms with van der Waals surface area (Å²) in [5, 5.41) is 0. The van der Waals surface area contributed by atoms with Crippen LogP contribution in [0.15, 0.2) is 18.2 Å². The highest BCUT2D eigenvalue weighted by Crippen LogP contribution is 2.16. The molecule has 0 saturated carbocycles. The Balaban J connectivity index is 1.99. The topological polar surface area (TPSA) is 29.5 Å². The van der Waals surface area contributed by atoms with Crippen LogP contribution in [0.2, 0.25) is 0 Å². The lowest BCUT2D eigenvalue weighted by atomic mass is 10.1. The molecular weight excluding hydrogens is 233 g/mol. The molecule has 3 nitrogen and oxygen atoms in total. The van der Waals surface area contributed by atoms with Gasteiger partial charge in [-0.15, -0.1) is 0 Å². The minimum absolute atomic E-state index is 0.0273. The van der Waals surface area contributed by atoms with Gasteiger partial charge in [-0.1, -0.05) is 6.07 Å². The van der Waals surface area contributed by atoms with Gasteiger partial charge < -0.3 is 9.64 Å². The van der Waals surface area contributed by atoms with E-state index in [0.717, 1.165) is 31.5 Å². The standard InChI is InChI=1S/C14H18FNO2/c1-10-3-4-12(13(15)9-10)14(17)18-11-5-7-16(2)8-6-11/h3-4,9,11H,5-8H2,1-2H3. The van der Waals surface area contributed by atoms with E-state index in [1.54, 1.807) is 13.0 Å². The largest absolute Gasteiger partial charge is 0.459 e. The third kappa shape index (κ3) is 3.07. The number of benzene rings is 1. The average molecular weight is 251 g/mol.